The summed E-state index contributed by atoms with van der Waals surface area (Å²) < 4.78 is 0. The fourth-order valence-electron chi connectivity index (χ4n) is 1.69. The Morgan fingerprint density at radius 3 is 2.70 bits per heavy atom. The molecule has 0 aromatic rings. The highest BCUT2D eigenvalue weighted by molar-refractivity contribution is 5.89. The molecule has 0 aliphatic carbocycles. The molecule has 1 unspecified atom stereocenters. The van der Waals surface area contributed by atoms with Crippen LogP contribution in [-0.2, 0) is 0 Å². The van der Waals surface area contributed by atoms with E-state index in [2.05, 4.69) is 25.8 Å². The Morgan fingerprint density at radius 1 is 1.60 bits per heavy atom. The summed E-state index contributed by atoms with van der Waals surface area (Å²) in [6.07, 6.45) is 2.57. The van der Waals surface area contributed by atoms with E-state index in [1.807, 2.05) is 0 Å². The van der Waals surface area contributed by atoms with Crippen LogP contribution in [0.15, 0.2) is 4.99 Å². The molecule has 0 spiro atoms. The van der Waals surface area contributed by atoms with Gasteiger partial charge >= 0.3 is 0 Å². The van der Waals surface area contributed by atoms with Crippen molar-refractivity contribution in [1.82, 2.24) is 0 Å². The van der Waals surface area contributed by atoms with Crippen LogP contribution >= 0.6 is 0 Å². The number of hydrogen-bond donors (Lipinski definition) is 0. The highest BCUT2D eigenvalue weighted by Gasteiger charge is 2.20. The molecule has 1 heterocycles. The molecule has 1 aliphatic rings. The highest BCUT2D eigenvalue weighted by Crippen LogP contribution is 2.21. The fourth-order valence-corrected chi connectivity index (χ4v) is 1.69. The summed E-state index contributed by atoms with van der Waals surface area (Å²) in [5.41, 5.74) is 1.46. The van der Waals surface area contributed by atoms with Crippen molar-refractivity contribution in [2.75, 3.05) is 6.54 Å². The molecule has 0 aromatic carbocycles. The summed E-state index contributed by atoms with van der Waals surface area (Å²) in [4.78, 5) is 4.50. The molecule has 1 atom stereocenters. The third-order valence-electron chi connectivity index (χ3n) is 2.27. The first kappa shape index (κ1) is 7.77. The molecule has 1 aliphatic heterocycles. The zero-order valence-electron chi connectivity index (χ0n) is 7.22. The minimum atomic E-state index is 0.674. The quantitative estimate of drug-likeness (QED) is 0.557. The second-order valence-corrected chi connectivity index (χ2v) is 3.36. The van der Waals surface area contributed by atoms with E-state index >= 15 is 0 Å². The third-order valence-corrected chi connectivity index (χ3v) is 2.27. The topological polar surface area (TPSA) is 12.4 Å². The maximum absolute atomic E-state index is 4.50. The standard InChI is InChI=1S/C9H17N/c1-4-8-5-6-10-9(8)7(2)3/h7-8H,4-6H2,1-3H3. The second kappa shape index (κ2) is 3.18. The van der Waals surface area contributed by atoms with Crippen LogP contribution in [0.1, 0.15) is 33.6 Å². The molecule has 0 amide bonds. The Balaban J connectivity index is 2.56. The van der Waals surface area contributed by atoms with Crippen LogP contribution in [-0.4, -0.2) is 12.3 Å². The molecule has 0 saturated heterocycles. The van der Waals surface area contributed by atoms with Gasteiger partial charge < -0.3 is 0 Å². The Labute approximate surface area is 63.5 Å². The van der Waals surface area contributed by atoms with Gasteiger partial charge in [0.2, 0.25) is 0 Å². The van der Waals surface area contributed by atoms with Crippen LogP contribution in [0.5, 0.6) is 0 Å². The molecule has 58 valence electrons. The van der Waals surface area contributed by atoms with Gasteiger partial charge in [-0.05, 0) is 24.7 Å². The van der Waals surface area contributed by atoms with Crippen LogP contribution in [0.3, 0.4) is 0 Å². The van der Waals surface area contributed by atoms with Crippen molar-refractivity contribution in [3.63, 3.8) is 0 Å². The number of aliphatic imine (C=N–C) groups is 1. The SMILES string of the molecule is CCC1CCN=C1C(C)C. The first-order chi connectivity index (χ1) is 4.75. The van der Waals surface area contributed by atoms with Crippen molar-refractivity contribution in [1.29, 1.82) is 0 Å². The lowest BCUT2D eigenvalue weighted by atomic mass is 9.92. The van der Waals surface area contributed by atoms with E-state index in [1.165, 1.54) is 18.6 Å². The van der Waals surface area contributed by atoms with Crippen molar-refractivity contribution in [2.45, 2.75) is 33.6 Å². The van der Waals surface area contributed by atoms with Crippen molar-refractivity contribution in [3.05, 3.63) is 0 Å². The predicted molar refractivity (Wildman–Crippen MR) is 45.5 cm³/mol. The van der Waals surface area contributed by atoms with Crippen molar-refractivity contribution < 1.29 is 0 Å². The molecule has 0 bridgehead atoms. The third kappa shape index (κ3) is 1.39. The van der Waals surface area contributed by atoms with Crippen LogP contribution in [0.25, 0.3) is 0 Å². The molecule has 0 radical (unpaired) electrons. The van der Waals surface area contributed by atoms with Crippen molar-refractivity contribution in [2.24, 2.45) is 16.8 Å². The Bertz CT molecular complexity index is 136. The van der Waals surface area contributed by atoms with Gasteiger partial charge in [0.05, 0.1) is 0 Å². The molecule has 1 nitrogen and oxygen atoms in total. The van der Waals surface area contributed by atoms with Gasteiger partial charge in [-0.2, -0.15) is 0 Å². The molecule has 0 N–H and O–H groups in total. The summed E-state index contributed by atoms with van der Waals surface area (Å²) in [5.74, 6) is 1.48. The van der Waals surface area contributed by atoms with Crippen LogP contribution < -0.4 is 0 Å². The lowest BCUT2D eigenvalue weighted by molar-refractivity contribution is 0.631. The van der Waals surface area contributed by atoms with E-state index in [9.17, 15) is 0 Å². The zero-order valence-corrected chi connectivity index (χ0v) is 7.22. The Kier molecular flexibility index (Phi) is 2.47. The average Bonchev–Trinajstić information content (AvgIpc) is 2.33. The molecule has 1 rings (SSSR count). The smallest absolute Gasteiger partial charge is 0.0395 e. The van der Waals surface area contributed by atoms with Gasteiger partial charge in [0.15, 0.2) is 0 Å². The number of rotatable bonds is 2. The van der Waals surface area contributed by atoms with Gasteiger partial charge in [-0.1, -0.05) is 20.8 Å². The second-order valence-electron chi connectivity index (χ2n) is 3.36. The van der Waals surface area contributed by atoms with E-state index in [0.29, 0.717) is 5.92 Å². The molecule has 0 saturated carbocycles. The van der Waals surface area contributed by atoms with Gasteiger partial charge in [-0.15, -0.1) is 0 Å². The van der Waals surface area contributed by atoms with Gasteiger partial charge in [-0.25, -0.2) is 0 Å². The van der Waals surface area contributed by atoms with Gasteiger partial charge in [0.25, 0.3) is 0 Å². The van der Waals surface area contributed by atoms with Crippen LogP contribution in [0, 0.1) is 11.8 Å². The monoisotopic (exact) mass is 139 g/mol. The Hall–Kier alpha value is -0.330. The molecule has 10 heavy (non-hydrogen) atoms. The average molecular weight is 139 g/mol. The Morgan fingerprint density at radius 2 is 2.30 bits per heavy atom. The number of nitrogens with zero attached hydrogens (tertiary/aromatic N) is 1. The zero-order chi connectivity index (χ0) is 7.56. The maximum Gasteiger partial charge on any atom is 0.0395 e. The van der Waals surface area contributed by atoms with E-state index in [1.54, 1.807) is 0 Å². The fraction of sp³-hybridized carbons (Fsp3) is 0.889. The predicted octanol–water partition coefficient (Wildman–Crippen LogP) is 2.51. The maximum atomic E-state index is 4.50. The summed E-state index contributed by atoms with van der Waals surface area (Å²) >= 11 is 0. The lowest BCUT2D eigenvalue weighted by Gasteiger charge is -2.12. The first-order valence-electron chi connectivity index (χ1n) is 4.30. The molecular formula is C9H17N. The van der Waals surface area contributed by atoms with E-state index < -0.39 is 0 Å². The van der Waals surface area contributed by atoms with Crippen molar-refractivity contribution in [3.8, 4) is 0 Å². The summed E-state index contributed by atoms with van der Waals surface area (Å²) in [6, 6.07) is 0. The summed E-state index contributed by atoms with van der Waals surface area (Å²) in [5, 5.41) is 0. The lowest BCUT2D eigenvalue weighted by Crippen LogP contribution is -2.14. The first-order valence-corrected chi connectivity index (χ1v) is 4.30. The summed E-state index contributed by atoms with van der Waals surface area (Å²) in [6.45, 7) is 7.82. The minimum Gasteiger partial charge on any atom is -0.294 e. The van der Waals surface area contributed by atoms with Gasteiger partial charge in [-0.3, -0.25) is 4.99 Å². The normalized spacial score (nSPS) is 25.6. The van der Waals surface area contributed by atoms with E-state index in [4.69, 9.17) is 0 Å². The molecule has 0 fully saturated rings. The van der Waals surface area contributed by atoms with Crippen LogP contribution in [0.4, 0.5) is 0 Å². The van der Waals surface area contributed by atoms with Crippen molar-refractivity contribution >= 4 is 5.71 Å². The summed E-state index contributed by atoms with van der Waals surface area (Å²) in [7, 11) is 0. The minimum absolute atomic E-state index is 0.674. The van der Waals surface area contributed by atoms with E-state index in [0.717, 1.165) is 12.5 Å². The van der Waals surface area contributed by atoms with E-state index in [-0.39, 0.29) is 0 Å². The van der Waals surface area contributed by atoms with Gasteiger partial charge in [0, 0.05) is 12.3 Å². The molecular weight excluding hydrogens is 122 g/mol. The molecule has 0 aromatic heterocycles. The van der Waals surface area contributed by atoms with Gasteiger partial charge in [0.1, 0.15) is 0 Å². The molecule has 1 heteroatoms. The largest absolute Gasteiger partial charge is 0.294 e. The van der Waals surface area contributed by atoms with Crippen LogP contribution in [0.2, 0.25) is 0 Å². The highest BCUT2D eigenvalue weighted by atomic mass is 14.8. The number of hydrogen-bond acceptors (Lipinski definition) is 1.